The topological polar surface area (TPSA) is 56.6 Å². The largest absolute Gasteiger partial charge is 0.464 e. The van der Waals surface area contributed by atoms with Gasteiger partial charge in [-0.25, -0.2) is 4.79 Å². The maximum absolute atomic E-state index is 12.3. The summed E-state index contributed by atoms with van der Waals surface area (Å²) in [4.78, 5) is 18.8. The number of hydrogen-bond donors (Lipinski definition) is 0. The van der Waals surface area contributed by atoms with Gasteiger partial charge >= 0.3 is 6.09 Å². The van der Waals surface area contributed by atoms with Crippen molar-refractivity contribution in [3.63, 3.8) is 0 Å². The number of nitrogens with zero attached hydrogens (tertiary/aromatic N) is 3. The van der Waals surface area contributed by atoms with Gasteiger partial charge < -0.3 is 14.4 Å². The van der Waals surface area contributed by atoms with Crippen molar-refractivity contribution in [1.29, 1.82) is 0 Å². The molecule has 6 nitrogen and oxygen atoms in total. The molecule has 1 fully saturated rings. The van der Waals surface area contributed by atoms with E-state index in [9.17, 15) is 4.79 Å². The van der Waals surface area contributed by atoms with E-state index >= 15 is 0 Å². The molecule has 1 amide bonds. The number of benzene rings is 2. The molecule has 1 aliphatic rings. The van der Waals surface area contributed by atoms with Gasteiger partial charge in [0.1, 0.15) is 5.60 Å². The first-order valence-electron chi connectivity index (χ1n) is 10.7. The van der Waals surface area contributed by atoms with Gasteiger partial charge in [-0.3, -0.25) is 4.57 Å². The van der Waals surface area contributed by atoms with Crippen LogP contribution in [0.5, 0.6) is 6.01 Å². The van der Waals surface area contributed by atoms with Crippen LogP contribution in [0.2, 0.25) is 10.0 Å². The Hall–Kier alpha value is -2.44. The van der Waals surface area contributed by atoms with Gasteiger partial charge in [0, 0.05) is 29.1 Å². The van der Waals surface area contributed by atoms with Crippen molar-refractivity contribution in [2.45, 2.75) is 39.3 Å². The van der Waals surface area contributed by atoms with Crippen LogP contribution in [0.15, 0.2) is 42.5 Å². The fourth-order valence-electron chi connectivity index (χ4n) is 3.80. The van der Waals surface area contributed by atoms with Crippen LogP contribution >= 0.6 is 23.2 Å². The summed E-state index contributed by atoms with van der Waals surface area (Å²) in [5.41, 5.74) is 2.20. The van der Waals surface area contributed by atoms with Crippen molar-refractivity contribution < 1.29 is 14.3 Å². The van der Waals surface area contributed by atoms with E-state index in [1.807, 2.05) is 55.7 Å². The van der Waals surface area contributed by atoms with Crippen LogP contribution in [-0.2, 0) is 11.3 Å². The van der Waals surface area contributed by atoms with Crippen LogP contribution < -0.4 is 4.74 Å². The number of aromatic nitrogens is 2. The molecule has 1 atom stereocenters. The molecular weight excluding hydrogens is 449 g/mol. The molecule has 0 bridgehead atoms. The molecule has 2 aromatic carbocycles. The predicted octanol–water partition coefficient (Wildman–Crippen LogP) is 6.03. The molecule has 1 saturated heterocycles. The van der Waals surface area contributed by atoms with E-state index in [1.54, 1.807) is 17.0 Å². The fraction of sp³-hybridized carbons (Fsp3) is 0.417. The molecule has 3 aromatic rings. The number of likely N-dealkylation sites (tertiary alicyclic amines) is 1. The van der Waals surface area contributed by atoms with Crippen molar-refractivity contribution in [2.24, 2.45) is 5.92 Å². The Kier molecular flexibility index (Phi) is 6.54. The van der Waals surface area contributed by atoms with Gasteiger partial charge in [-0.2, -0.15) is 4.98 Å². The standard InChI is InChI=1S/C24H27Cl2N3O3/c1-24(2,3)32-23(30)28-11-10-16(13-28)15-31-22-27-20-6-4-5-7-21(20)29(22)14-17-12-18(25)8-9-19(17)26/h4-9,12,16H,10-11,13-15H2,1-3H3/t16-/m0/s1. The minimum Gasteiger partial charge on any atom is -0.464 e. The van der Waals surface area contributed by atoms with E-state index in [4.69, 9.17) is 32.7 Å². The van der Waals surface area contributed by atoms with Crippen LogP contribution in [0.25, 0.3) is 11.0 Å². The molecular formula is C24H27Cl2N3O3. The minimum atomic E-state index is -0.502. The van der Waals surface area contributed by atoms with Crippen LogP contribution in [0.4, 0.5) is 4.79 Å². The average Bonchev–Trinajstić information content (AvgIpc) is 3.33. The molecule has 170 valence electrons. The minimum absolute atomic E-state index is 0.213. The van der Waals surface area contributed by atoms with Gasteiger partial charge in [0.15, 0.2) is 0 Å². The molecule has 0 radical (unpaired) electrons. The summed E-state index contributed by atoms with van der Waals surface area (Å²) >= 11 is 12.6. The molecule has 1 aromatic heterocycles. The number of amides is 1. The van der Waals surface area contributed by atoms with E-state index in [-0.39, 0.29) is 12.0 Å². The highest BCUT2D eigenvalue weighted by Crippen LogP contribution is 2.28. The summed E-state index contributed by atoms with van der Waals surface area (Å²) in [5, 5.41) is 1.27. The number of fused-ring (bicyclic) bond motifs is 1. The van der Waals surface area contributed by atoms with E-state index in [1.165, 1.54) is 0 Å². The Morgan fingerprint density at radius 1 is 1.19 bits per heavy atom. The van der Waals surface area contributed by atoms with Crippen LogP contribution in [-0.4, -0.2) is 45.8 Å². The number of hydrogen-bond acceptors (Lipinski definition) is 4. The monoisotopic (exact) mass is 475 g/mol. The molecule has 8 heteroatoms. The Morgan fingerprint density at radius 2 is 1.97 bits per heavy atom. The van der Waals surface area contributed by atoms with Crippen molar-refractivity contribution in [3.8, 4) is 6.01 Å². The Morgan fingerprint density at radius 3 is 2.75 bits per heavy atom. The first-order valence-corrected chi connectivity index (χ1v) is 11.4. The summed E-state index contributed by atoms with van der Waals surface area (Å²) in [6, 6.07) is 13.8. The maximum atomic E-state index is 12.3. The molecule has 32 heavy (non-hydrogen) atoms. The number of imidazole rings is 1. The van der Waals surface area contributed by atoms with Crippen molar-refractivity contribution in [1.82, 2.24) is 14.5 Å². The highest BCUT2D eigenvalue weighted by Gasteiger charge is 2.30. The van der Waals surface area contributed by atoms with Crippen LogP contribution in [0.3, 0.4) is 0 Å². The Balaban J connectivity index is 1.48. The molecule has 0 unspecified atom stereocenters. The van der Waals surface area contributed by atoms with E-state index in [0.29, 0.717) is 42.3 Å². The van der Waals surface area contributed by atoms with Gasteiger partial charge in [-0.05, 0) is 63.1 Å². The van der Waals surface area contributed by atoms with Crippen LogP contribution in [0, 0.1) is 5.92 Å². The Bertz CT molecular complexity index is 1120. The molecule has 0 saturated carbocycles. The lowest BCUT2D eigenvalue weighted by atomic mass is 10.1. The Labute approximate surface area is 198 Å². The second-order valence-corrected chi connectivity index (χ2v) is 9.94. The number of rotatable bonds is 5. The van der Waals surface area contributed by atoms with Crippen molar-refractivity contribution in [2.75, 3.05) is 19.7 Å². The van der Waals surface area contributed by atoms with E-state index < -0.39 is 5.60 Å². The zero-order valence-corrected chi connectivity index (χ0v) is 20.0. The first kappa shape index (κ1) is 22.7. The van der Waals surface area contributed by atoms with Gasteiger partial charge in [-0.1, -0.05) is 35.3 Å². The first-order chi connectivity index (χ1) is 15.2. The number of halogens is 2. The number of carbonyl (C=O) groups excluding carboxylic acids is 1. The zero-order chi connectivity index (χ0) is 22.9. The lowest BCUT2D eigenvalue weighted by molar-refractivity contribution is 0.0284. The van der Waals surface area contributed by atoms with Crippen molar-refractivity contribution >= 4 is 40.3 Å². The second-order valence-electron chi connectivity index (χ2n) is 9.10. The average molecular weight is 476 g/mol. The van der Waals surface area contributed by atoms with Gasteiger partial charge in [0.2, 0.25) is 0 Å². The normalized spacial score (nSPS) is 16.5. The van der Waals surface area contributed by atoms with Crippen LogP contribution in [0.1, 0.15) is 32.8 Å². The molecule has 0 spiro atoms. The molecule has 0 N–H and O–H groups in total. The fourth-order valence-corrected chi connectivity index (χ4v) is 4.18. The summed E-state index contributed by atoms with van der Waals surface area (Å²) in [6.07, 6.45) is 0.586. The maximum Gasteiger partial charge on any atom is 0.410 e. The number of carbonyl (C=O) groups is 1. The highest BCUT2D eigenvalue weighted by atomic mass is 35.5. The van der Waals surface area contributed by atoms with E-state index in [2.05, 4.69) is 4.98 Å². The lowest BCUT2D eigenvalue weighted by Gasteiger charge is -2.24. The summed E-state index contributed by atoms with van der Waals surface area (Å²) in [5.74, 6) is 0.213. The summed E-state index contributed by atoms with van der Waals surface area (Å²) in [6.45, 7) is 7.84. The van der Waals surface area contributed by atoms with E-state index in [0.717, 1.165) is 23.0 Å². The third-order valence-electron chi connectivity index (χ3n) is 5.34. The van der Waals surface area contributed by atoms with Crippen molar-refractivity contribution in [3.05, 3.63) is 58.1 Å². The lowest BCUT2D eigenvalue weighted by Crippen LogP contribution is -2.35. The number of ether oxygens (including phenoxy) is 2. The third kappa shape index (κ3) is 5.30. The molecule has 0 aliphatic carbocycles. The quantitative estimate of drug-likeness (QED) is 0.452. The smallest absolute Gasteiger partial charge is 0.410 e. The molecule has 4 rings (SSSR count). The molecule has 2 heterocycles. The summed E-state index contributed by atoms with van der Waals surface area (Å²) in [7, 11) is 0. The van der Waals surface area contributed by atoms with Gasteiger partial charge in [-0.15, -0.1) is 0 Å². The second kappa shape index (κ2) is 9.20. The van der Waals surface area contributed by atoms with Gasteiger partial charge in [0.05, 0.1) is 24.2 Å². The van der Waals surface area contributed by atoms with Gasteiger partial charge in [0.25, 0.3) is 6.01 Å². The highest BCUT2D eigenvalue weighted by molar-refractivity contribution is 6.33. The summed E-state index contributed by atoms with van der Waals surface area (Å²) < 4.78 is 13.7. The predicted molar refractivity (Wildman–Crippen MR) is 127 cm³/mol. The number of para-hydroxylation sites is 2. The SMILES string of the molecule is CC(C)(C)OC(=O)N1CC[C@H](COc2nc3ccccc3n2Cc2cc(Cl)ccc2Cl)C1. The zero-order valence-electron chi connectivity index (χ0n) is 18.5. The molecule has 1 aliphatic heterocycles. The third-order valence-corrected chi connectivity index (χ3v) is 5.95.